The Balaban J connectivity index is 1.81. The first-order valence-electron chi connectivity index (χ1n) is 8.02. The molecule has 1 amide bonds. The SMILES string of the molecule is C[C@H](Oc1ccc2c(C(F)(F)F)cc(=O)oc2c1)C(=O)Nc1ccc(Br)cc1. The second-order valence-corrected chi connectivity index (χ2v) is 6.81. The lowest BCUT2D eigenvalue weighted by atomic mass is 10.1. The van der Waals surface area contributed by atoms with Gasteiger partial charge < -0.3 is 14.5 Å². The van der Waals surface area contributed by atoms with E-state index < -0.39 is 29.4 Å². The molecule has 146 valence electrons. The molecular weight excluding hydrogens is 443 g/mol. The molecule has 0 bridgehead atoms. The van der Waals surface area contributed by atoms with Crippen LogP contribution in [0.2, 0.25) is 0 Å². The highest BCUT2D eigenvalue weighted by Gasteiger charge is 2.34. The van der Waals surface area contributed by atoms with E-state index >= 15 is 0 Å². The summed E-state index contributed by atoms with van der Waals surface area (Å²) in [5.74, 6) is -0.360. The van der Waals surface area contributed by atoms with Gasteiger partial charge in [0.15, 0.2) is 6.10 Å². The summed E-state index contributed by atoms with van der Waals surface area (Å²) in [6.07, 6.45) is -5.65. The van der Waals surface area contributed by atoms with Gasteiger partial charge in [-0.1, -0.05) is 15.9 Å². The molecule has 0 fully saturated rings. The van der Waals surface area contributed by atoms with Crippen LogP contribution in [-0.4, -0.2) is 12.0 Å². The topological polar surface area (TPSA) is 68.5 Å². The molecule has 5 nitrogen and oxygen atoms in total. The number of rotatable bonds is 4. The minimum atomic E-state index is -4.70. The maximum Gasteiger partial charge on any atom is 0.417 e. The van der Waals surface area contributed by atoms with E-state index in [2.05, 4.69) is 21.2 Å². The van der Waals surface area contributed by atoms with Crippen LogP contribution in [0.1, 0.15) is 12.5 Å². The number of carbonyl (C=O) groups is 1. The number of amides is 1. The van der Waals surface area contributed by atoms with Gasteiger partial charge in [-0.25, -0.2) is 4.79 Å². The van der Waals surface area contributed by atoms with Crippen LogP contribution < -0.4 is 15.7 Å². The molecule has 9 heteroatoms. The number of hydrogen-bond donors (Lipinski definition) is 1. The molecule has 28 heavy (non-hydrogen) atoms. The third-order valence-corrected chi connectivity index (χ3v) is 4.34. The van der Waals surface area contributed by atoms with Crippen molar-refractivity contribution in [3.8, 4) is 5.75 Å². The minimum Gasteiger partial charge on any atom is -0.481 e. The monoisotopic (exact) mass is 455 g/mol. The molecule has 1 aromatic heterocycles. The van der Waals surface area contributed by atoms with Crippen LogP contribution in [-0.2, 0) is 11.0 Å². The van der Waals surface area contributed by atoms with Gasteiger partial charge >= 0.3 is 11.8 Å². The van der Waals surface area contributed by atoms with Crippen molar-refractivity contribution in [3.63, 3.8) is 0 Å². The summed E-state index contributed by atoms with van der Waals surface area (Å²) in [6.45, 7) is 1.49. The Morgan fingerprint density at radius 3 is 2.46 bits per heavy atom. The molecule has 0 unspecified atom stereocenters. The summed E-state index contributed by atoms with van der Waals surface area (Å²) >= 11 is 3.29. The Labute approximate surface area is 165 Å². The molecule has 2 aromatic carbocycles. The molecule has 1 heterocycles. The van der Waals surface area contributed by atoms with E-state index in [-0.39, 0.29) is 16.7 Å². The molecule has 0 radical (unpaired) electrons. The van der Waals surface area contributed by atoms with Gasteiger partial charge in [-0.05, 0) is 43.3 Å². The van der Waals surface area contributed by atoms with Crippen LogP contribution in [0, 0.1) is 0 Å². The zero-order valence-corrected chi connectivity index (χ0v) is 15.9. The van der Waals surface area contributed by atoms with Crippen molar-refractivity contribution >= 4 is 38.5 Å². The van der Waals surface area contributed by atoms with Gasteiger partial charge in [0.25, 0.3) is 5.91 Å². The van der Waals surface area contributed by atoms with Crippen molar-refractivity contribution in [2.75, 3.05) is 5.32 Å². The largest absolute Gasteiger partial charge is 0.481 e. The molecule has 0 aliphatic rings. The number of benzene rings is 2. The molecule has 0 aliphatic heterocycles. The highest BCUT2D eigenvalue weighted by molar-refractivity contribution is 9.10. The number of carbonyl (C=O) groups excluding carboxylic acids is 1. The first-order valence-corrected chi connectivity index (χ1v) is 8.81. The number of fused-ring (bicyclic) bond motifs is 1. The predicted octanol–water partition coefficient (Wildman–Crippen LogP) is 4.98. The van der Waals surface area contributed by atoms with Gasteiger partial charge in [0.1, 0.15) is 11.3 Å². The Hall–Kier alpha value is -2.81. The van der Waals surface area contributed by atoms with E-state index in [4.69, 9.17) is 9.15 Å². The zero-order chi connectivity index (χ0) is 20.5. The van der Waals surface area contributed by atoms with Gasteiger partial charge in [-0.3, -0.25) is 4.79 Å². The lowest BCUT2D eigenvalue weighted by Gasteiger charge is -2.15. The van der Waals surface area contributed by atoms with Crippen molar-refractivity contribution in [1.82, 2.24) is 0 Å². The van der Waals surface area contributed by atoms with Crippen LogP contribution in [0.5, 0.6) is 5.75 Å². The molecular formula is C19H13BrF3NO4. The lowest BCUT2D eigenvalue weighted by molar-refractivity contribution is -0.136. The van der Waals surface area contributed by atoms with Gasteiger partial charge in [-0.15, -0.1) is 0 Å². The Bertz CT molecular complexity index is 1080. The van der Waals surface area contributed by atoms with Crippen molar-refractivity contribution in [3.05, 3.63) is 69.0 Å². The van der Waals surface area contributed by atoms with Crippen LogP contribution in [0.3, 0.4) is 0 Å². The smallest absolute Gasteiger partial charge is 0.417 e. The van der Waals surface area contributed by atoms with Crippen molar-refractivity contribution in [2.45, 2.75) is 19.2 Å². The maximum absolute atomic E-state index is 13.1. The highest BCUT2D eigenvalue weighted by Crippen LogP contribution is 2.35. The zero-order valence-electron chi connectivity index (χ0n) is 14.3. The van der Waals surface area contributed by atoms with E-state index in [0.717, 1.165) is 16.6 Å². The predicted molar refractivity (Wildman–Crippen MR) is 100 cm³/mol. The molecule has 3 rings (SSSR count). The molecule has 0 spiro atoms. The number of hydrogen-bond acceptors (Lipinski definition) is 4. The first-order chi connectivity index (χ1) is 13.1. The Kier molecular flexibility index (Phi) is 5.46. The van der Waals surface area contributed by atoms with Crippen molar-refractivity contribution < 1.29 is 27.1 Å². The summed E-state index contributed by atoms with van der Waals surface area (Å²) in [5, 5.41) is 2.39. The molecule has 0 saturated carbocycles. The van der Waals surface area contributed by atoms with Crippen LogP contribution in [0.15, 0.2) is 62.2 Å². The maximum atomic E-state index is 13.1. The second-order valence-electron chi connectivity index (χ2n) is 5.89. The second kappa shape index (κ2) is 7.67. The lowest BCUT2D eigenvalue weighted by Crippen LogP contribution is -2.30. The molecule has 1 N–H and O–H groups in total. The first kappa shape index (κ1) is 19.9. The van der Waals surface area contributed by atoms with E-state index in [1.807, 2.05) is 0 Å². The van der Waals surface area contributed by atoms with E-state index in [1.54, 1.807) is 24.3 Å². The quantitative estimate of drug-likeness (QED) is 0.563. The highest BCUT2D eigenvalue weighted by atomic mass is 79.9. The van der Waals surface area contributed by atoms with Crippen LogP contribution in [0.4, 0.5) is 18.9 Å². The Morgan fingerprint density at radius 2 is 1.82 bits per heavy atom. The molecule has 0 aliphatic carbocycles. The van der Waals surface area contributed by atoms with Gasteiger partial charge in [0, 0.05) is 27.7 Å². The van der Waals surface area contributed by atoms with Gasteiger partial charge in [0.2, 0.25) is 0 Å². The van der Waals surface area contributed by atoms with Crippen molar-refractivity contribution in [2.24, 2.45) is 0 Å². The van der Waals surface area contributed by atoms with Crippen LogP contribution in [0.25, 0.3) is 11.0 Å². The third kappa shape index (κ3) is 4.53. The van der Waals surface area contributed by atoms with E-state index in [0.29, 0.717) is 11.8 Å². The number of anilines is 1. The summed E-state index contributed by atoms with van der Waals surface area (Å²) in [7, 11) is 0. The van der Waals surface area contributed by atoms with E-state index in [9.17, 15) is 22.8 Å². The summed E-state index contributed by atoms with van der Waals surface area (Å²) in [4.78, 5) is 23.7. The average Bonchev–Trinajstić information content (AvgIpc) is 2.61. The fraction of sp³-hybridized carbons (Fsp3) is 0.158. The fourth-order valence-electron chi connectivity index (χ4n) is 2.49. The number of halogens is 4. The average molecular weight is 456 g/mol. The summed E-state index contributed by atoms with van der Waals surface area (Å²) < 4.78 is 50.4. The number of ether oxygens (including phenoxy) is 1. The minimum absolute atomic E-state index is 0.0911. The molecule has 3 aromatic rings. The van der Waals surface area contributed by atoms with Gasteiger partial charge in [-0.2, -0.15) is 13.2 Å². The normalized spacial score (nSPS) is 12.6. The number of nitrogens with one attached hydrogen (secondary N) is 1. The summed E-state index contributed by atoms with van der Waals surface area (Å²) in [6, 6.07) is 10.9. The fourth-order valence-corrected chi connectivity index (χ4v) is 2.75. The van der Waals surface area contributed by atoms with E-state index in [1.165, 1.54) is 13.0 Å². The standard InChI is InChI=1S/C19H13BrF3NO4/c1-10(18(26)24-12-4-2-11(20)3-5-12)27-13-6-7-14-15(19(21,22)23)9-17(25)28-16(14)8-13/h2-10H,1H3,(H,24,26)/t10-/m0/s1. The Morgan fingerprint density at radius 1 is 1.14 bits per heavy atom. The third-order valence-electron chi connectivity index (χ3n) is 3.82. The molecule has 0 saturated heterocycles. The van der Waals surface area contributed by atoms with Crippen molar-refractivity contribution in [1.29, 1.82) is 0 Å². The van der Waals surface area contributed by atoms with Gasteiger partial charge in [0.05, 0.1) is 5.56 Å². The number of alkyl halides is 3. The molecule has 1 atom stereocenters. The van der Waals surface area contributed by atoms with Crippen LogP contribution >= 0.6 is 15.9 Å². The summed E-state index contributed by atoms with van der Waals surface area (Å²) in [5.41, 5.74) is -1.94.